The van der Waals surface area contributed by atoms with Crippen molar-refractivity contribution in [3.8, 4) is 0 Å². The predicted molar refractivity (Wildman–Crippen MR) is 77.8 cm³/mol. The molecule has 0 fully saturated rings. The number of nitrogens with two attached hydrogens (primary N) is 1. The summed E-state index contributed by atoms with van der Waals surface area (Å²) in [6, 6.07) is 7.21. The summed E-state index contributed by atoms with van der Waals surface area (Å²) in [5, 5.41) is 4.79. The number of hydrogen-bond donors (Lipinski definition) is 2. The van der Waals surface area contributed by atoms with Crippen molar-refractivity contribution in [2.75, 3.05) is 5.73 Å². The van der Waals surface area contributed by atoms with E-state index in [0.29, 0.717) is 20.7 Å². The molecule has 0 spiro atoms. The van der Waals surface area contributed by atoms with Gasteiger partial charge in [-0.1, -0.05) is 41.1 Å². The summed E-state index contributed by atoms with van der Waals surface area (Å²) in [4.78, 5) is 16.2. The molecule has 98 valence electrons. The second-order valence-corrected chi connectivity index (χ2v) is 5.13. The third kappa shape index (κ3) is 3.30. The first-order valence-corrected chi connectivity index (χ1v) is 6.58. The first-order valence-electron chi connectivity index (χ1n) is 5.39. The number of nitrogens with zero attached hydrogens (tertiary/aromatic N) is 2. The van der Waals surface area contributed by atoms with Gasteiger partial charge in [0.2, 0.25) is 0 Å². The number of carbonyl (C=O) groups is 1. The highest BCUT2D eigenvalue weighted by atomic mass is 35.5. The van der Waals surface area contributed by atoms with E-state index < -0.39 is 0 Å². The van der Waals surface area contributed by atoms with Crippen molar-refractivity contribution in [2.24, 2.45) is 5.10 Å². The normalized spacial score (nSPS) is 10.8. The summed E-state index contributed by atoms with van der Waals surface area (Å²) < 4.78 is 0. The van der Waals surface area contributed by atoms with Gasteiger partial charge in [-0.05, 0) is 13.0 Å². The van der Waals surface area contributed by atoms with Crippen LogP contribution in [0.25, 0.3) is 0 Å². The zero-order valence-corrected chi connectivity index (χ0v) is 11.6. The molecule has 0 radical (unpaired) electrons. The highest BCUT2D eigenvalue weighted by Gasteiger charge is 2.13. The fourth-order valence-corrected chi connectivity index (χ4v) is 2.33. The monoisotopic (exact) mass is 294 g/mol. The van der Waals surface area contributed by atoms with Crippen molar-refractivity contribution >= 4 is 40.2 Å². The summed E-state index contributed by atoms with van der Waals surface area (Å²) in [5.74, 6) is -0.338. The van der Waals surface area contributed by atoms with Crippen LogP contribution in [-0.2, 0) is 0 Å². The van der Waals surface area contributed by atoms with Gasteiger partial charge < -0.3 is 5.73 Å². The Bertz CT molecular complexity index is 638. The molecule has 0 bridgehead atoms. The molecule has 1 amide bonds. The van der Waals surface area contributed by atoms with Crippen molar-refractivity contribution < 1.29 is 4.79 Å². The average molecular weight is 295 g/mol. The highest BCUT2D eigenvalue weighted by Crippen LogP contribution is 2.19. The van der Waals surface area contributed by atoms with Crippen molar-refractivity contribution in [3.63, 3.8) is 0 Å². The summed E-state index contributed by atoms with van der Waals surface area (Å²) in [5.41, 5.74) is 9.26. The lowest BCUT2D eigenvalue weighted by Crippen LogP contribution is -2.17. The maximum atomic E-state index is 11.8. The number of amides is 1. The van der Waals surface area contributed by atoms with Gasteiger partial charge in [0.05, 0.1) is 11.9 Å². The van der Waals surface area contributed by atoms with Crippen molar-refractivity contribution in [2.45, 2.75) is 6.92 Å². The largest absolute Gasteiger partial charge is 0.375 e. The maximum absolute atomic E-state index is 11.8. The maximum Gasteiger partial charge on any atom is 0.283 e. The van der Waals surface area contributed by atoms with Crippen LogP contribution in [0.15, 0.2) is 29.4 Å². The van der Waals surface area contributed by atoms with Gasteiger partial charge in [0.1, 0.15) is 4.88 Å². The van der Waals surface area contributed by atoms with E-state index in [1.165, 1.54) is 6.21 Å². The molecule has 2 aromatic rings. The first kappa shape index (κ1) is 13.5. The molecule has 0 saturated carbocycles. The molecule has 1 aromatic heterocycles. The van der Waals surface area contributed by atoms with Gasteiger partial charge in [-0.3, -0.25) is 4.79 Å². The molecule has 1 heterocycles. The SMILES string of the molecule is Cc1nc(N)sc1C(=O)N/N=C\c1ccccc1Cl. The van der Waals surface area contributed by atoms with Crippen molar-refractivity contribution in [3.05, 3.63) is 45.4 Å². The summed E-state index contributed by atoms with van der Waals surface area (Å²) in [6.45, 7) is 1.72. The van der Waals surface area contributed by atoms with Gasteiger partial charge in [-0.15, -0.1) is 0 Å². The number of anilines is 1. The Labute approximate surface area is 119 Å². The molecular formula is C12H11ClN4OS. The van der Waals surface area contributed by atoms with Crippen LogP contribution in [0.4, 0.5) is 5.13 Å². The lowest BCUT2D eigenvalue weighted by Gasteiger charge is -1.98. The van der Waals surface area contributed by atoms with E-state index in [1.54, 1.807) is 19.1 Å². The second-order valence-electron chi connectivity index (χ2n) is 3.69. The number of hydrazone groups is 1. The van der Waals surface area contributed by atoms with Gasteiger partial charge >= 0.3 is 0 Å². The van der Waals surface area contributed by atoms with Crippen LogP contribution in [0.3, 0.4) is 0 Å². The van der Waals surface area contributed by atoms with Gasteiger partial charge in [0.15, 0.2) is 5.13 Å². The van der Waals surface area contributed by atoms with Crippen molar-refractivity contribution in [1.82, 2.24) is 10.4 Å². The van der Waals surface area contributed by atoms with Crippen molar-refractivity contribution in [1.29, 1.82) is 0 Å². The number of hydrogen-bond acceptors (Lipinski definition) is 5. The molecule has 19 heavy (non-hydrogen) atoms. The lowest BCUT2D eigenvalue weighted by atomic mass is 10.2. The number of benzene rings is 1. The van der Waals surface area contributed by atoms with E-state index in [0.717, 1.165) is 16.9 Å². The van der Waals surface area contributed by atoms with Crippen LogP contribution in [0, 0.1) is 6.92 Å². The van der Waals surface area contributed by atoms with Crippen LogP contribution in [0.5, 0.6) is 0 Å². The molecule has 5 nitrogen and oxygen atoms in total. The number of aryl methyl sites for hydroxylation is 1. The number of nitrogens with one attached hydrogen (secondary N) is 1. The molecule has 0 aliphatic carbocycles. The quantitative estimate of drug-likeness (QED) is 0.674. The molecule has 0 aliphatic rings. The minimum atomic E-state index is -0.338. The number of nitrogen functional groups attached to an aromatic ring is 1. The third-order valence-electron chi connectivity index (χ3n) is 2.29. The van der Waals surface area contributed by atoms with E-state index >= 15 is 0 Å². The van der Waals surface area contributed by atoms with E-state index in [2.05, 4.69) is 15.5 Å². The van der Waals surface area contributed by atoms with Crippen LogP contribution in [0.1, 0.15) is 20.9 Å². The van der Waals surface area contributed by atoms with Gasteiger partial charge in [-0.2, -0.15) is 5.10 Å². The van der Waals surface area contributed by atoms with Crippen LogP contribution >= 0.6 is 22.9 Å². The molecular weight excluding hydrogens is 284 g/mol. The van der Waals surface area contributed by atoms with E-state index in [9.17, 15) is 4.79 Å². The van der Waals surface area contributed by atoms with Crippen LogP contribution in [-0.4, -0.2) is 17.1 Å². The Balaban J connectivity index is 2.05. The average Bonchev–Trinajstić information content (AvgIpc) is 2.71. The summed E-state index contributed by atoms with van der Waals surface area (Å²) in [7, 11) is 0. The summed E-state index contributed by atoms with van der Waals surface area (Å²) >= 11 is 7.08. The third-order valence-corrected chi connectivity index (χ3v) is 3.62. The molecule has 0 atom stereocenters. The Kier molecular flexibility index (Phi) is 4.13. The number of aromatic nitrogens is 1. The van der Waals surface area contributed by atoms with Crippen LogP contribution < -0.4 is 11.2 Å². The minimum Gasteiger partial charge on any atom is -0.375 e. The molecule has 0 saturated heterocycles. The molecule has 0 aliphatic heterocycles. The fraction of sp³-hybridized carbons (Fsp3) is 0.0833. The molecule has 3 N–H and O–H groups in total. The Hall–Kier alpha value is -1.92. The summed E-state index contributed by atoms with van der Waals surface area (Å²) in [6.07, 6.45) is 1.49. The number of rotatable bonds is 3. The molecule has 7 heteroatoms. The smallest absolute Gasteiger partial charge is 0.283 e. The molecule has 0 unspecified atom stereocenters. The van der Waals surface area contributed by atoms with Crippen LogP contribution in [0.2, 0.25) is 5.02 Å². The highest BCUT2D eigenvalue weighted by molar-refractivity contribution is 7.17. The van der Waals surface area contributed by atoms with E-state index in [1.807, 2.05) is 12.1 Å². The topological polar surface area (TPSA) is 80.4 Å². The number of thiazole rings is 1. The fourth-order valence-electron chi connectivity index (χ4n) is 1.42. The number of halogens is 1. The predicted octanol–water partition coefficient (Wildman–Crippen LogP) is 2.45. The van der Waals surface area contributed by atoms with Gasteiger partial charge in [0, 0.05) is 10.6 Å². The number of carbonyl (C=O) groups excluding carboxylic acids is 1. The zero-order chi connectivity index (χ0) is 13.8. The zero-order valence-electron chi connectivity index (χ0n) is 10.1. The molecule has 2 rings (SSSR count). The van der Waals surface area contributed by atoms with Gasteiger partial charge in [-0.25, -0.2) is 10.4 Å². The Morgan fingerprint density at radius 1 is 1.53 bits per heavy atom. The second kappa shape index (κ2) is 5.81. The van der Waals surface area contributed by atoms with E-state index in [4.69, 9.17) is 17.3 Å². The van der Waals surface area contributed by atoms with Gasteiger partial charge in [0.25, 0.3) is 5.91 Å². The standard InChI is InChI=1S/C12H11ClN4OS/c1-7-10(19-12(14)16-7)11(18)17-15-6-8-4-2-3-5-9(8)13/h2-6H,1H3,(H2,14,16)(H,17,18)/b15-6-. The Morgan fingerprint density at radius 3 is 2.89 bits per heavy atom. The molecule has 1 aromatic carbocycles. The lowest BCUT2D eigenvalue weighted by molar-refractivity contribution is 0.0958. The first-order chi connectivity index (χ1) is 9.08. The van der Waals surface area contributed by atoms with E-state index in [-0.39, 0.29) is 5.91 Å². The Morgan fingerprint density at radius 2 is 2.26 bits per heavy atom. The minimum absolute atomic E-state index is 0.338.